The molecule has 0 unspecified atom stereocenters. The molecule has 6 nitrogen and oxygen atoms in total. The third kappa shape index (κ3) is 11.1. The average molecular weight is 376 g/mol. The Balaban J connectivity index is 2.42. The molecule has 27 heavy (non-hydrogen) atoms. The Morgan fingerprint density at radius 2 is 1.70 bits per heavy atom. The van der Waals surface area contributed by atoms with Gasteiger partial charge in [0.05, 0.1) is 0 Å². The van der Waals surface area contributed by atoms with E-state index in [1.54, 1.807) is 0 Å². The number of nitrogens with two attached hydrogens (primary N) is 1. The van der Waals surface area contributed by atoms with E-state index in [-0.39, 0.29) is 24.7 Å². The molecule has 0 saturated heterocycles. The highest BCUT2D eigenvalue weighted by Gasteiger charge is 2.20. The quantitative estimate of drug-likeness (QED) is 0.435. The SMILES string of the molecule is CCCCCCCC(=O)N[C@@H](CCC(N)=O)C(=O)NCCc1ccccc1. The number of hydrogen-bond acceptors (Lipinski definition) is 3. The maximum absolute atomic E-state index is 12.4. The van der Waals surface area contributed by atoms with Crippen LogP contribution in [0, 0.1) is 0 Å². The van der Waals surface area contributed by atoms with Crippen molar-refractivity contribution in [1.82, 2.24) is 10.6 Å². The van der Waals surface area contributed by atoms with Gasteiger partial charge in [0.25, 0.3) is 0 Å². The highest BCUT2D eigenvalue weighted by atomic mass is 16.2. The fourth-order valence-corrected chi connectivity index (χ4v) is 2.81. The van der Waals surface area contributed by atoms with Crippen LogP contribution in [0.15, 0.2) is 30.3 Å². The van der Waals surface area contributed by atoms with Gasteiger partial charge < -0.3 is 16.4 Å². The molecule has 0 saturated carbocycles. The summed E-state index contributed by atoms with van der Waals surface area (Å²) in [5.74, 6) is -0.906. The molecule has 6 heteroatoms. The van der Waals surface area contributed by atoms with Crippen LogP contribution in [0.5, 0.6) is 0 Å². The topological polar surface area (TPSA) is 101 Å². The summed E-state index contributed by atoms with van der Waals surface area (Å²) in [6.07, 6.45) is 6.66. The van der Waals surface area contributed by atoms with E-state index in [2.05, 4.69) is 17.6 Å². The Bertz CT molecular complexity index is 575. The van der Waals surface area contributed by atoms with E-state index in [9.17, 15) is 14.4 Å². The molecule has 0 aliphatic heterocycles. The molecule has 1 aromatic carbocycles. The zero-order valence-electron chi connectivity index (χ0n) is 16.3. The van der Waals surface area contributed by atoms with Crippen LogP contribution in [0.1, 0.15) is 63.9 Å². The summed E-state index contributed by atoms with van der Waals surface area (Å²) >= 11 is 0. The van der Waals surface area contributed by atoms with E-state index in [0.717, 1.165) is 31.2 Å². The monoisotopic (exact) mass is 375 g/mol. The molecule has 0 radical (unpaired) electrons. The van der Waals surface area contributed by atoms with Crippen LogP contribution in [0.4, 0.5) is 0 Å². The third-order valence-corrected chi connectivity index (χ3v) is 4.39. The van der Waals surface area contributed by atoms with E-state index in [4.69, 9.17) is 5.73 Å². The predicted molar refractivity (Wildman–Crippen MR) is 107 cm³/mol. The van der Waals surface area contributed by atoms with Gasteiger partial charge in [0.15, 0.2) is 0 Å². The van der Waals surface area contributed by atoms with Crippen LogP contribution in [0.3, 0.4) is 0 Å². The number of amides is 3. The maximum atomic E-state index is 12.4. The molecule has 1 aromatic rings. The molecule has 0 heterocycles. The molecule has 1 atom stereocenters. The van der Waals surface area contributed by atoms with Crippen LogP contribution in [0.2, 0.25) is 0 Å². The lowest BCUT2D eigenvalue weighted by Crippen LogP contribution is -2.47. The summed E-state index contributed by atoms with van der Waals surface area (Å²) in [4.78, 5) is 35.6. The van der Waals surface area contributed by atoms with Crippen LogP contribution in [0.25, 0.3) is 0 Å². The molecule has 4 N–H and O–H groups in total. The first-order valence-electron chi connectivity index (χ1n) is 9.92. The largest absolute Gasteiger partial charge is 0.370 e. The molecule has 150 valence electrons. The van der Waals surface area contributed by atoms with E-state index in [1.165, 1.54) is 6.42 Å². The van der Waals surface area contributed by atoms with E-state index in [0.29, 0.717) is 19.4 Å². The summed E-state index contributed by atoms with van der Waals surface area (Å²) in [6.45, 7) is 2.62. The van der Waals surface area contributed by atoms with E-state index in [1.807, 2.05) is 30.3 Å². The summed E-state index contributed by atoms with van der Waals surface area (Å²) < 4.78 is 0. The molecule has 1 rings (SSSR count). The van der Waals surface area contributed by atoms with Crippen molar-refractivity contribution in [2.24, 2.45) is 5.73 Å². The Labute approximate surface area is 162 Å². The molecule has 0 aliphatic rings. The Morgan fingerprint density at radius 3 is 2.37 bits per heavy atom. The molecule has 0 aliphatic carbocycles. The minimum atomic E-state index is -0.726. The summed E-state index contributed by atoms with van der Waals surface area (Å²) in [5, 5.41) is 5.59. The average Bonchev–Trinajstić information content (AvgIpc) is 2.65. The Kier molecular flexibility index (Phi) is 11.6. The maximum Gasteiger partial charge on any atom is 0.242 e. The minimum Gasteiger partial charge on any atom is -0.370 e. The lowest BCUT2D eigenvalue weighted by atomic mass is 10.1. The first-order valence-corrected chi connectivity index (χ1v) is 9.92. The van der Waals surface area contributed by atoms with Gasteiger partial charge >= 0.3 is 0 Å². The Morgan fingerprint density at radius 1 is 1.00 bits per heavy atom. The van der Waals surface area contributed by atoms with Crippen LogP contribution in [-0.2, 0) is 20.8 Å². The number of carbonyl (C=O) groups is 3. The molecular formula is C21H33N3O3. The number of nitrogens with one attached hydrogen (secondary N) is 2. The number of carbonyl (C=O) groups excluding carboxylic acids is 3. The molecular weight excluding hydrogens is 342 g/mol. The standard InChI is InChI=1S/C21H33N3O3/c1-2-3-4-5-9-12-20(26)24-18(13-14-19(22)25)21(27)23-16-15-17-10-7-6-8-11-17/h6-8,10-11,18H,2-5,9,12-16H2,1H3,(H2,22,25)(H,23,27)(H,24,26)/t18-/m0/s1. The predicted octanol–water partition coefficient (Wildman–Crippen LogP) is 2.46. The van der Waals surface area contributed by atoms with Crippen molar-refractivity contribution in [1.29, 1.82) is 0 Å². The second-order valence-electron chi connectivity index (χ2n) is 6.82. The number of unbranched alkanes of at least 4 members (excludes halogenated alkanes) is 4. The minimum absolute atomic E-state index is 0.0630. The van der Waals surface area contributed by atoms with Crippen molar-refractivity contribution in [2.45, 2.75) is 70.8 Å². The van der Waals surface area contributed by atoms with Crippen molar-refractivity contribution in [3.05, 3.63) is 35.9 Å². The summed E-state index contributed by atoms with van der Waals surface area (Å²) in [7, 11) is 0. The zero-order valence-corrected chi connectivity index (χ0v) is 16.3. The lowest BCUT2D eigenvalue weighted by molar-refractivity contribution is -0.129. The highest BCUT2D eigenvalue weighted by Crippen LogP contribution is 2.06. The molecule has 0 spiro atoms. The van der Waals surface area contributed by atoms with Crippen molar-refractivity contribution >= 4 is 17.7 Å². The number of hydrogen-bond donors (Lipinski definition) is 3. The summed E-state index contributed by atoms with van der Waals surface area (Å²) in [6, 6.07) is 9.12. The first kappa shape index (κ1) is 22.7. The van der Waals surface area contributed by atoms with Crippen molar-refractivity contribution < 1.29 is 14.4 Å². The first-order chi connectivity index (χ1) is 13.0. The molecule has 0 aromatic heterocycles. The van der Waals surface area contributed by atoms with Crippen molar-refractivity contribution in [3.63, 3.8) is 0 Å². The molecule has 3 amide bonds. The number of benzene rings is 1. The van der Waals surface area contributed by atoms with Gasteiger partial charge in [-0.2, -0.15) is 0 Å². The fourth-order valence-electron chi connectivity index (χ4n) is 2.81. The van der Waals surface area contributed by atoms with Crippen LogP contribution < -0.4 is 16.4 Å². The number of rotatable bonds is 14. The number of primary amides is 1. The van der Waals surface area contributed by atoms with Gasteiger partial charge in [-0.05, 0) is 24.8 Å². The van der Waals surface area contributed by atoms with E-state index >= 15 is 0 Å². The smallest absolute Gasteiger partial charge is 0.242 e. The van der Waals surface area contributed by atoms with Gasteiger partial charge in [-0.1, -0.05) is 62.9 Å². The van der Waals surface area contributed by atoms with Crippen molar-refractivity contribution in [2.75, 3.05) is 6.54 Å². The van der Waals surface area contributed by atoms with Crippen LogP contribution >= 0.6 is 0 Å². The second kappa shape index (κ2) is 13.8. The van der Waals surface area contributed by atoms with Gasteiger partial charge in [-0.25, -0.2) is 0 Å². The normalized spacial score (nSPS) is 11.6. The molecule has 0 fully saturated rings. The van der Waals surface area contributed by atoms with Crippen LogP contribution in [-0.4, -0.2) is 30.3 Å². The Hall–Kier alpha value is -2.37. The van der Waals surface area contributed by atoms with E-state index < -0.39 is 11.9 Å². The summed E-state index contributed by atoms with van der Waals surface area (Å²) in [5.41, 5.74) is 6.32. The van der Waals surface area contributed by atoms with Gasteiger partial charge in [0, 0.05) is 19.4 Å². The van der Waals surface area contributed by atoms with Gasteiger partial charge in [-0.15, -0.1) is 0 Å². The fraction of sp³-hybridized carbons (Fsp3) is 0.571. The van der Waals surface area contributed by atoms with Gasteiger partial charge in [-0.3, -0.25) is 14.4 Å². The van der Waals surface area contributed by atoms with Gasteiger partial charge in [0.1, 0.15) is 6.04 Å². The molecule has 0 bridgehead atoms. The van der Waals surface area contributed by atoms with Gasteiger partial charge in [0.2, 0.25) is 17.7 Å². The zero-order chi connectivity index (χ0) is 19.9. The van der Waals surface area contributed by atoms with Crippen molar-refractivity contribution in [3.8, 4) is 0 Å². The second-order valence-corrected chi connectivity index (χ2v) is 6.82. The lowest BCUT2D eigenvalue weighted by Gasteiger charge is -2.18. The highest BCUT2D eigenvalue weighted by molar-refractivity contribution is 5.88. The third-order valence-electron chi connectivity index (χ3n) is 4.39.